The van der Waals surface area contributed by atoms with Crippen LogP contribution in [-0.4, -0.2) is 33.2 Å². The highest BCUT2D eigenvalue weighted by molar-refractivity contribution is 14.0. The molecule has 1 unspecified atom stereocenters. The van der Waals surface area contributed by atoms with E-state index in [-0.39, 0.29) is 29.9 Å². The Hall–Kier alpha value is -1.90. The molecular weight excluding hydrogens is 463 g/mol. The lowest BCUT2D eigenvalue weighted by Gasteiger charge is -2.17. The normalized spacial score (nSPS) is 12.1. The molecule has 2 rings (SSSR count). The van der Waals surface area contributed by atoms with Crippen LogP contribution in [0.25, 0.3) is 0 Å². The lowest BCUT2D eigenvalue weighted by atomic mass is 10.0. The van der Waals surface area contributed by atoms with Crippen LogP contribution in [0.15, 0.2) is 47.5 Å². The summed E-state index contributed by atoms with van der Waals surface area (Å²) >= 11 is 0. The number of rotatable bonds is 7. The Labute approximate surface area is 176 Å². The smallest absolute Gasteiger partial charge is 0.191 e. The van der Waals surface area contributed by atoms with Crippen molar-refractivity contribution in [1.29, 1.82) is 0 Å². The number of methoxy groups -OCH3 is 1. The van der Waals surface area contributed by atoms with Crippen molar-refractivity contribution in [3.05, 3.63) is 65.2 Å². The second kappa shape index (κ2) is 11.7. The summed E-state index contributed by atoms with van der Waals surface area (Å²) in [6.45, 7) is 3.20. The van der Waals surface area contributed by atoms with Gasteiger partial charge in [-0.05, 0) is 41.7 Å². The molecule has 0 aliphatic heterocycles. The average molecular weight is 489 g/mol. The van der Waals surface area contributed by atoms with Crippen molar-refractivity contribution in [3.8, 4) is 5.75 Å². The summed E-state index contributed by atoms with van der Waals surface area (Å²) in [5.41, 5.74) is 1.86. The quantitative estimate of drug-likeness (QED) is 0.350. The van der Waals surface area contributed by atoms with Crippen LogP contribution in [0.5, 0.6) is 5.75 Å². The zero-order chi connectivity index (χ0) is 18.9. The Bertz CT molecular complexity index is 756. The summed E-state index contributed by atoms with van der Waals surface area (Å²) in [4.78, 5) is 4.19. The molecule has 0 saturated carbocycles. The van der Waals surface area contributed by atoms with Crippen molar-refractivity contribution >= 4 is 29.9 Å². The Morgan fingerprint density at radius 2 is 1.85 bits per heavy atom. The van der Waals surface area contributed by atoms with Crippen LogP contribution >= 0.6 is 24.0 Å². The van der Waals surface area contributed by atoms with E-state index < -0.39 is 11.6 Å². The van der Waals surface area contributed by atoms with Crippen LogP contribution in [0, 0.1) is 11.6 Å². The van der Waals surface area contributed by atoms with Crippen molar-refractivity contribution in [2.24, 2.45) is 4.99 Å². The fourth-order valence-electron chi connectivity index (χ4n) is 2.63. The molecule has 4 nitrogen and oxygen atoms in total. The van der Waals surface area contributed by atoms with Gasteiger partial charge in [0.25, 0.3) is 0 Å². The zero-order valence-electron chi connectivity index (χ0n) is 15.8. The van der Waals surface area contributed by atoms with Gasteiger partial charge in [-0.25, -0.2) is 8.78 Å². The number of hydrogen-bond acceptors (Lipinski definition) is 2. The van der Waals surface area contributed by atoms with E-state index in [9.17, 15) is 8.78 Å². The van der Waals surface area contributed by atoms with E-state index in [1.54, 1.807) is 20.2 Å². The standard InChI is InChI=1S/C20H25F2N3O.HI/c1-14(16-8-9-17(21)18(22)12-16)13-25-20(23-2)24-11-10-15-6-4-5-7-19(15)26-3;/h4-9,12,14H,10-11,13H2,1-3H3,(H2,23,24,25);1H. The molecule has 0 spiro atoms. The van der Waals surface area contributed by atoms with Gasteiger partial charge in [-0.15, -0.1) is 24.0 Å². The Balaban J connectivity index is 0.00000364. The second-order valence-electron chi connectivity index (χ2n) is 6.02. The van der Waals surface area contributed by atoms with Gasteiger partial charge in [0.1, 0.15) is 5.75 Å². The first-order valence-electron chi connectivity index (χ1n) is 8.56. The lowest BCUT2D eigenvalue weighted by molar-refractivity contribution is 0.409. The highest BCUT2D eigenvalue weighted by Gasteiger charge is 2.10. The predicted octanol–water partition coefficient (Wildman–Crippen LogP) is 4.10. The van der Waals surface area contributed by atoms with Crippen molar-refractivity contribution in [3.63, 3.8) is 0 Å². The van der Waals surface area contributed by atoms with Crippen molar-refractivity contribution in [2.75, 3.05) is 27.2 Å². The number of benzene rings is 2. The molecule has 0 radical (unpaired) electrons. The molecule has 2 aromatic rings. The zero-order valence-corrected chi connectivity index (χ0v) is 18.1. The van der Waals surface area contributed by atoms with Crippen LogP contribution in [0.1, 0.15) is 24.0 Å². The van der Waals surface area contributed by atoms with Crippen molar-refractivity contribution in [2.45, 2.75) is 19.3 Å². The number of guanidine groups is 1. The molecule has 27 heavy (non-hydrogen) atoms. The minimum Gasteiger partial charge on any atom is -0.496 e. The number of para-hydroxylation sites is 1. The molecule has 0 aromatic heterocycles. The second-order valence-corrected chi connectivity index (χ2v) is 6.02. The summed E-state index contributed by atoms with van der Waals surface area (Å²) in [6, 6.07) is 11.9. The van der Waals surface area contributed by atoms with E-state index >= 15 is 0 Å². The van der Waals surface area contributed by atoms with Crippen LogP contribution in [0.2, 0.25) is 0 Å². The predicted molar refractivity (Wildman–Crippen MR) is 116 cm³/mol. The third kappa shape index (κ3) is 6.97. The Kier molecular flexibility index (Phi) is 10.1. The van der Waals surface area contributed by atoms with Crippen molar-refractivity contribution < 1.29 is 13.5 Å². The molecule has 1 atom stereocenters. The minimum absolute atomic E-state index is 0. The highest BCUT2D eigenvalue weighted by Crippen LogP contribution is 2.18. The van der Waals surface area contributed by atoms with E-state index in [0.29, 0.717) is 19.0 Å². The molecule has 0 heterocycles. The van der Waals surface area contributed by atoms with E-state index in [1.165, 1.54) is 6.07 Å². The number of halogens is 3. The monoisotopic (exact) mass is 489 g/mol. The van der Waals surface area contributed by atoms with Gasteiger partial charge in [0.2, 0.25) is 0 Å². The van der Waals surface area contributed by atoms with Gasteiger partial charge >= 0.3 is 0 Å². The van der Waals surface area contributed by atoms with Crippen LogP contribution in [-0.2, 0) is 6.42 Å². The Morgan fingerprint density at radius 1 is 1.11 bits per heavy atom. The van der Waals surface area contributed by atoms with Gasteiger partial charge in [-0.2, -0.15) is 0 Å². The number of ether oxygens (including phenoxy) is 1. The maximum absolute atomic E-state index is 13.4. The molecule has 0 bridgehead atoms. The first-order chi connectivity index (χ1) is 12.5. The van der Waals surface area contributed by atoms with Gasteiger partial charge < -0.3 is 15.4 Å². The molecule has 148 valence electrons. The summed E-state index contributed by atoms with van der Waals surface area (Å²) in [5.74, 6) is -0.118. The van der Waals surface area contributed by atoms with Gasteiger partial charge in [0, 0.05) is 20.1 Å². The van der Waals surface area contributed by atoms with E-state index in [2.05, 4.69) is 15.6 Å². The number of aliphatic imine (C=N–C) groups is 1. The van der Waals surface area contributed by atoms with Gasteiger partial charge in [-0.3, -0.25) is 4.99 Å². The SMILES string of the molecule is CN=C(NCCc1ccccc1OC)NCC(C)c1ccc(F)c(F)c1.I. The van der Waals surface area contributed by atoms with Gasteiger partial charge in [0.05, 0.1) is 7.11 Å². The molecule has 0 saturated heterocycles. The maximum atomic E-state index is 13.4. The summed E-state index contributed by atoms with van der Waals surface area (Å²) in [6.07, 6.45) is 0.795. The fourth-order valence-corrected chi connectivity index (χ4v) is 2.63. The van der Waals surface area contributed by atoms with Crippen molar-refractivity contribution in [1.82, 2.24) is 10.6 Å². The number of nitrogens with zero attached hydrogens (tertiary/aromatic N) is 1. The average Bonchev–Trinajstić information content (AvgIpc) is 2.66. The summed E-state index contributed by atoms with van der Waals surface area (Å²) in [5, 5.41) is 6.45. The summed E-state index contributed by atoms with van der Waals surface area (Å²) in [7, 11) is 3.35. The van der Waals surface area contributed by atoms with Gasteiger partial charge in [0.15, 0.2) is 17.6 Å². The fraction of sp³-hybridized carbons (Fsp3) is 0.350. The van der Waals surface area contributed by atoms with Crippen LogP contribution in [0.3, 0.4) is 0 Å². The lowest BCUT2D eigenvalue weighted by Crippen LogP contribution is -2.39. The molecular formula is C20H26F2IN3O. The molecule has 0 aliphatic rings. The number of nitrogens with one attached hydrogen (secondary N) is 2. The number of hydrogen-bond donors (Lipinski definition) is 2. The molecule has 0 fully saturated rings. The molecule has 0 amide bonds. The topological polar surface area (TPSA) is 45.7 Å². The molecule has 2 N–H and O–H groups in total. The highest BCUT2D eigenvalue weighted by atomic mass is 127. The van der Waals surface area contributed by atoms with E-state index in [1.807, 2.05) is 31.2 Å². The van der Waals surface area contributed by atoms with Crippen LogP contribution in [0.4, 0.5) is 8.78 Å². The molecule has 0 aliphatic carbocycles. The third-order valence-corrected chi connectivity index (χ3v) is 4.19. The Morgan fingerprint density at radius 3 is 2.52 bits per heavy atom. The van der Waals surface area contributed by atoms with E-state index in [4.69, 9.17) is 4.74 Å². The van der Waals surface area contributed by atoms with Crippen LogP contribution < -0.4 is 15.4 Å². The van der Waals surface area contributed by atoms with E-state index in [0.717, 1.165) is 29.4 Å². The first-order valence-corrected chi connectivity index (χ1v) is 8.56. The first kappa shape index (κ1) is 23.1. The minimum atomic E-state index is -0.831. The molecule has 2 aromatic carbocycles. The molecule has 7 heteroatoms. The van der Waals surface area contributed by atoms with Gasteiger partial charge in [-0.1, -0.05) is 31.2 Å². The maximum Gasteiger partial charge on any atom is 0.191 e. The third-order valence-electron chi connectivity index (χ3n) is 4.19. The summed E-state index contributed by atoms with van der Waals surface area (Å²) < 4.78 is 31.7. The largest absolute Gasteiger partial charge is 0.496 e.